The topological polar surface area (TPSA) is 76.9 Å². The van der Waals surface area contributed by atoms with Crippen molar-refractivity contribution in [2.75, 3.05) is 4.72 Å². The Bertz CT molecular complexity index is 1010. The quantitative estimate of drug-likeness (QED) is 0.747. The van der Waals surface area contributed by atoms with Crippen LogP contribution in [0, 0.1) is 13.8 Å². The summed E-state index contributed by atoms with van der Waals surface area (Å²) < 4.78 is 29.4. The fraction of sp³-hybridized carbons (Fsp3) is 0.200. The molecule has 0 aliphatic carbocycles. The molecule has 9 heteroatoms. The van der Waals surface area contributed by atoms with Crippen molar-refractivity contribution in [2.45, 2.75) is 18.7 Å². The van der Waals surface area contributed by atoms with E-state index in [2.05, 4.69) is 14.8 Å². The Balaban J connectivity index is 1.90. The van der Waals surface area contributed by atoms with E-state index in [1.54, 1.807) is 42.2 Å². The molecule has 0 saturated carbocycles. The first-order chi connectivity index (χ1) is 11.3. The minimum absolute atomic E-state index is 0.195. The van der Waals surface area contributed by atoms with E-state index < -0.39 is 10.0 Å². The van der Waals surface area contributed by atoms with Crippen LogP contribution in [0.1, 0.15) is 11.1 Å². The normalized spacial score (nSPS) is 11.7. The molecule has 24 heavy (non-hydrogen) atoms. The molecule has 6 nitrogen and oxygen atoms in total. The largest absolute Gasteiger partial charge is 0.275 e. The number of hydrogen-bond donors (Lipinski definition) is 1. The van der Waals surface area contributed by atoms with Crippen molar-refractivity contribution >= 4 is 38.8 Å². The highest BCUT2D eigenvalue weighted by Gasteiger charge is 2.20. The number of thiazole rings is 1. The van der Waals surface area contributed by atoms with Crippen LogP contribution in [0.4, 0.5) is 5.82 Å². The average Bonchev–Trinajstić information content (AvgIpc) is 3.11. The minimum atomic E-state index is -3.73. The summed E-state index contributed by atoms with van der Waals surface area (Å²) in [6.07, 6.45) is 3.51. The summed E-state index contributed by atoms with van der Waals surface area (Å²) in [6, 6.07) is 3.21. The molecule has 0 fully saturated rings. The SMILES string of the molecule is Cc1cc(S(=O)(=O)Nc2csc(-c3cnn(C)c3)n2)c(C)cc1Cl. The van der Waals surface area contributed by atoms with Crippen LogP contribution in [0.5, 0.6) is 0 Å². The monoisotopic (exact) mass is 382 g/mol. The number of anilines is 1. The second-order valence-electron chi connectivity index (χ2n) is 5.41. The number of nitrogens with one attached hydrogen (secondary N) is 1. The standard InChI is InChI=1S/C15H15ClN4O2S2/c1-9-5-13(10(2)4-12(9)16)24(21,22)19-14-8-23-15(18-14)11-6-17-20(3)7-11/h4-8,19H,1-3H3. The number of hydrogen-bond acceptors (Lipinski definition) is 5. The Morgan fingerprint density at radius 2 is 2.00 bits per heavy atom. The van der Waals surface area contributed by atoms with Gasteiger partial charge in [-0.05, 0) is 37.1 Å². The minimum Gasteiger partial charge on any atom is -0.275 e. The van der Waals surface area contributed by atoms with Gasteiger partial charge < -0.3 is 0 Å². The Kier molecular flexibility index (Phi) is 4.37. The maximum absolute atomic E-state index is 12.6. The highest BCUT2D eigenvalue weighted by molar-refractivity contribution is 7.92. The van der Waals surface area contributed by atoms with Crippen LogP contribution >= 0.6 is 22.9 Å². The van der Waals surface area contributed by atoms with Crippen molar-refractivity contribution < 1.29 is 8.42 Å². The van der Waals surface area contributed by atoms with E-state index in [9.17, 15) is 8.42 Å². The lowest BCUT2D eigenvalue weighted by Crippen LogP contribution is -2.14. The second kappa shape index (κ2) is 6.19. The Morgan fingerprint density at radius 3 is 2.67 bits per heavy atom. The van der Waals surface area contributed by atoms with Crippen LogP contribution in [-0.4, -0.2) is 23.2 Å². The van der Waals surface area contributed by atoms with E-state index in [1.807, 2.05) is 13.2 Å². The summed E-state index contributed by atoms with van der Waals surface area (Å²) in [7, 11) is -1.92. The van der Waals surface area contributed by atoms with Crippen LogP contribution in [0.15, 0.2) is 34.8 Å². The summed E-state index contributed by atoms with van der Waals surface area (Å²) in [4.78, 5) is 4.52. The lowest BCUT2D eigenvalue weighted by Gasteiger charge is -2.10. The fourth-order valence-electron chi connectivity index (χ4n) is 2.22. The van der Waals surface area contributed by atoms with Gasteiger partial charge in [-0.15, -0.1) is 11.3 Å². The number of benzene rings is 1. The highest BCUT2D eigenvalue weighted by atomic mass is 35.5. The van der Waals surface area contributed by atoms with Crippen molar-refractivity contribution in [2.24, 2.45) is 7.05 Å². The van der Waals surface area contributed by atoms with Crippen LogP contribution in [0.3, 0.4) is 0 Å². The van der Waals surface area contributed by atoms with Crippen LogP contribution in [0.2, 0.25) is 5.02 Å². The molecule has 2 heterocycles. The molecule has 0 atom stereocenters. The molecule has 0 saturated heterocycles. The number of sulfonamides is 1. The first-order valence-electron chi connectivity index (χ1n) is 7.00. The maximum Gasteiger partial charge on any atom is 0.263 e. The molecule has 0 spiro atoms. The number of rotatable bonds is 4. The van der Waals surface area contributed by atoms with Gasteiger partial charge in [0.2, 0.25) is 0 Å². The van der Waals surface area contributed by atoms with E-state index in [0.29, 0.717) is 21.2 Å². The third kappa shape index (κ3) is 3.31. The Morgan fingerprint density at radius 1 is 1.25 bits per heavy atom. The zero-order valence-electron chi connectivity index (χ0n) is 13.2. The van der Waals surface area contributed by atoms with Gasteiger partial charge >= 0.3 is 0 Å². The number of halogens is 1. The summed E-state index contributed by atoms with van der Waals surface area (Å²) in [5.74, 6) is 0.283. The highest BCUT2D eigenvalue weighted by Crippen LogP contribution is 2.28. The van der Waals surface area contributed by atoms with Crippen molar-refractivity contribution in [3.63, 3.8) is 0 Å². The van der Waals surface area contributed by atoms with Crippen molar-refractivity contribution in [3.05, 3.63) is 46.1 Å². The van der Waals surface area contributed by atoms with E-state index in [4.69, 9.17) is 11.6 Å². The van der Waals surface area contributed by atoms with Crippen LogP contribution in [0.25, 0.3) is 10.6 Å². The summed E-state index contributed by atoms with van der Waals surface area (Å²) in [5, 5.41) is 6.99. The molecule has 1 aromatic carbocycles. The Labute approximate surface area is 149 Å². The average molecular weight is 383 g/mol. The molecule has 0 aliphatic heterocycles. The van der Waals surface area contributed by atoms with Gasteiger partial charge in [0.1, 0.15) is 5.01 Å². The van der Waals surface area contributed by atoms with E-state index in [0.717, 1.165) is 5.56 Å². The molecule has 0 bridgehead atoms. The van der Waals surface area contributed by atoms with E-state index in [1.165, 1.54) is 11.3 Å². The molecule has 0 unspecified atom stereocenters. The molecule has 126 valence electrons. The molecular formula is C15H15ClN4O2S2. The van der Waals surface area contributed by atoms with Crippen LogP contribution < -0.4 is 4.72 Å². The van der Waals surface area contributed by atoms with E-state index >= 15 is 0 Å². The third-order valence-electron chi connectivity index (χ3n) is 3.44. The van der Waals surface area contributed by atoms with Crippen LogP contribution in [-0.2, 0) is 17.1 Å². The van der Waals surface area contributed by atoms with Gasteiger partial charge in [0, 0.05) is 29.2 Å². The number of aromatic nitrogens is 3. The smallest absolute Gasteiger partial charge is 0.263 e. The predicted molar refractivity (Wildman–Crippen MR) is 96.1 cm³/mol. The maximum atomic E-state index is 12.6. The lowest BCUT2D eigenvalue weighted by atomic mass is 10.2. The third-order valence-corrected chi connectivity index (χ3v) is 6.24. The van der Waals surface area contributed by atoms with Gasteiger partial charge in [-0.3, -0.25) is 9.40 Å². The first-order valence-corrected chi connectivity index (χ1v) is 9.74. The van der Waals surface area contributed by atoms with Gasteiger partial charge in [-0.25, -0.2) is 13.4 Å². The zero-order valence-corrected chi connectivity index (χ0v) is 15.6. The number of aryl methyl sites for hydroxylation is 3. The number of nitrogens with zero attached hydrogens (tertiary/aromatic N) is 3. The Hall–Kier alpha value is -1.90. The van der Waals surface area contributed by atoms with Crippen molar-refractivity contribution in [1.82, 2.24) is 14.8 Å². The van der Waals surface area contributed by atoms with Gasteiger partial charge in [0.15, 0.2) is 5.82 Å². The summed E-state index contributed by atoms with van der Waals surface area (Å²) >= 11 is 7.38. The van der Waals surface area contributed by atoms with Crippen molar-refractivity contribution in [3.8, 4) is 10.6 Å². The van der Waals surface area contributed by atoms with Crippen molar-refractivity contribution in [1.29, 1.82) is 0 Å². The molecule has 0 amide bonds. The van der Waals surface area contributed by atoms with Gasteiger partial charge in [-0.2, -0.15) is 5.10 Å². The van der Waals surface area contributed by atoms with E-state index in [-0.39, 0.29) is 10.7 Å². The van der Waals surface area contributed by atoms with Gasteiger partial charge in [0.25, 0.3) is 10.0 Å². The molecule has 3 aromatic rings. The predicted octanol–water partition coefficient (Wildman–Crippen LogP) is 3.61. The summed E-state index contributed by atoms with van der Waals surface area (Å²) in [6.45, 7) is 3.48. The first kappa shape index (κ1) is 16.9. The van der Waals surface area contributed by atoms with Gasteiger partial charge in [-0.1, -0.05) is 11.6 Å². The summed E-state index contributed by atoms with van der Waals surface area (Å²) in [5.41, 5.74) is 2.13. The fourth-order valence-corrected chi connectivity index (χ4v) is 4.55. The molecule has 2 aromatic heterocycles. The van der Waals surface area contributed by atoms with Gasteiger partial charge in [0.05, 0.1) is 11.1 Å². The molecule has 1 N–H and O–H groups in total. The molecule has 3 rings (SSSR count). The second-order valence-corrected chi connectivity index (χ2v) is 8.33. The molecular weight excluding hydrogens is 368 g/mol. The zero-order chi connectivity index (χ0) is 17.5. The molecule has 0 aliphatic rings. The lowest BCUT2D eigenvalue weighted by molar-refractivity contribution is 0.600. The molecule has 0 radical (unpaired) electrons.